The molecular weight excluding hydrogens is 367 g/mol. The SMILES string of the molecule is CCc1cc2cc3c(cc2nc1SCC(=O)Nc1ccccc1F)OCO3. The maximum atomic E-state index is 13.7. The number of carbonyl (C=O) groups excluding carboxylic acids is 1. The molecule has 5 nitrogen and oxygen atoms in total. The predicted octanol–water partition coefficient (Wildman–Crippen LogP) is 4.40. The number of rotatable bonds is 5. The van der Waals surface area contributed by atoms with Gasteiger partial charge in [-0.3, -0.25) is 4.79 Å². The Kier molecular flexibility index (Phi) is 4.85. The number of thioether (sulfide) groups is 1. The van der Waals surface area contributed by atoms with E-state index in [0.29, 0.717) is 5.75 Å². The van der Waals surface area contributed by atoms with E-state index in [1.54, 1.807) is 12.1 Å². The number of nitrogens with zero attached hydrogens (tertiary/aromatic N) is 1. The fourth-order valence-electron chi connectivity index (χ4n) is 2.85. The van der Waals surface area contributed by atoms with E-state index in [0.717, 1.165) is 33.7 Å². The monoisotopic (exact) mass is 384 g/mol. The van der Waals surface area contributed by atoms with Gasteiger partial charge in [0.2, 0.25) is 12.7 Å². The van der Waals surface area contributed by atoms with Crippen molar-refractivity contribution in [1.29, 1.82) is 0 Å². The van der Waals surface area contributed by atoms with Crippen LogP contribution < -0.4 is 14.8 Å². The fraction of sp³-hybridized carbons (Fsp3) is 0.200. The van der Waals surface area contributed by atoms with E-state index in [1.165, 1.54) is 23.9 Å². The minimum absolute atomic E-state index is 0.143. The van der Waals surface area contributed by atoms with Crippen molar-refractivity contribution in [3.05, 3.63) is 53.8 Å². The molecule has 0 aliphatic carbocycles. The molecular formula is C20H17FN2O3S. The number of pyridine rings is 1. The molecule has 1 aliphatic rings. The Bertz CT molecular complexity index is 1030. The molecule has 138 valence electrons. The number of benzene rings is 2. The summed E-state index contributed by atoms with van der Waals surface area (Å²) in [6.45, 7) is 2.25. The molecule has 0 saturated heterocycles. The summed E-state index contributed by atoms with van der Waals surface area (Å²) in [5.41, 5.74) is 2.01. The van der Waals surface area contributed by atoms with Gasteiger partial charge in [0.15, 0.2) is 11.5 Å². The first kappa shape index (κ1) is 17.6. The summed E-state index contributed by atoms with van der Waals surface area (Å²) < 4.78 is 24.5. The number of halogens is 1. The molecule has 0 spiro atoms. The minimum Gasteiger partial charge on any atom is -0.454 e. The van der Waals surface area contributed by atoms with Crippen LogP contribution in [0.15, 0.2) is 47.5 Å². The number of hydrogen-bond acceptors (Lipinski definition) is 5. The number of hydrogen-bond donors (Lipinski definition) is 1. The van der Waals surface area contributed by atoms with Gasteiger partial charge in [-0.05, 0) is 36.2 Å². The summed E-state index contributed by atoms with van der Waals surface area (Å²) in [7, 11) is 0. The first-order valence-corrected chi connectivity index (χ1v) is 9.53. The number of aromatic nitrogens is 1. The van der Waals surface area contributed by atoms with Crippen LogP contribution in [0, 0.1) is 5.82 Å². The molecule has 0 saturated carbocycles. The number of para-hydroxylation sites is 1. The smallest absolute Gasteiger partial charge is 0.234 e. The van der Waals surface area contributed by atoms with Gasteiger partial charge in [0.25, 0.3) is 0 Å². The third kappa shape index (κ3) is 3.68. The van der Waals surface area contributed by atoms with Gasteiger partial charge in [-0.2, -0.15) is 0 Å². The largest absolute Gasteiger partial charge is 0.454 e. The van der Waals surface area contributed by atoms with E-state index in [1.807, 2.05) is 19.1 Å². The third-order valence-electron chi connectivity index (χ3n) is 4.22. The normalized spacial score (nSPS) is 12.4. The second-order valence-corrected chi connectivity index (χ2v) is 6.99. The maximum absolute atomic E-state index is 13.7. The highest BCUT2D eigenvalue weighted by Gasteiger charge is 2.17. The molecule has 1 aliphatic heterocycles. The third-order valence-corrected chi connectivity index (χ3v) is 5.25. The van der Waals surface area contributed by atoms with Crippen molar-refractivity contribution in [3.8, 4) is 11.5 Å². The Balaban J connectivity index is 1.53. The van der Waals surface area contributed by atoms with E-state index in [-0.39, 0.29) is 24.1 Å². The van der Waals surface area contributed by atoms with Gasteiger partial charge in [-0.25, -0.2) is 9.37 Å². The lowest BCUT2D eigenvalue weighted by Gasteiger charge is -2.10. The van der Waals surface area contributed by atoms with E-state index < -0.39 is 5.82 Å². The lowest BCUT2D eigenvalue weighted by molar-refractivity contribution is -0.113. The number of carbonyl (C=O) groups is 1. The average molecular weight is 384 g/mol. The Morgan fingerprint density at radius 2 is 2.00 bits per heavy atom. The Labute approximate surface area is 159 Å². The lowest BCUT2D eigenvalue weighted by Crippen LogP contribution is -2.15. The number of aryl methyl sites for hydroxylation is 1. The quantitative estimate of drug-likeness (QED) is 0.661. The average Bonchev–Trinajstić information content (AvgIpc) is 3.12. The molecule has 2 aromatic carbocycles. The Hall–Kier alpha value is -2.80. The lowest BCUT2D eigenvalue weighted by atomic mass is 10.1. The van der Waals surface area contributed by atoms with Gasteiger partial charge >= 0.3 is 0 Å². The van der Waals surface area contributed by atoms with Crippen LogP contribution in [0.2, 0.25) is 0 Å². The fourth-order valence-corrected chi connectivity index (χ4v) is 3.74. The zero-order valence-corrected chi connectivity index (χ0v) is 15.4. The number of fused-ring (bicyclic) bond motifs is 2. The first-order valence-electron chi connectivity index (χ1n) is 8.54. The van der Waals surface area contributed by atoms with Gasteiger partial charge in [0.1, 0.15) is 10.8 Å². The van der Waals surface area contributed by atoms with Gasteiger partial charge in [-0.1, -0.05) is 30.8 Å². The van der Waals surface area contributed by atoms with Crippen LogP contribution in [0.4, 0.5) is 10.1 Å². The zero-order chi connectivity index (χ0) is 18.8. The Morgan fingerprint density at radius 1 is 1.22 bits per heavy atom. The molecule has 7 heteroatoms. The number of anilines is 1. The highest BCUT2D eigenvalue weighted by atomic mass is 32.2. The van der Waals surface area contributed by atoms with Crippen molar-refractivity contribution < 1.29 is 18.7 Å². The summed E-state index contributed by atoms with van der Waals surface area (Å²) in [6, 6.07) is 11.9. The van der Waals surface area contributed by atoms with Crippen LogP contribution in [0.1, 0.15) is 12.5 Å². The van der Waals surface area contributed by atoms with Crippen LogP contribution in [0.3, 0.4) is 0 Å². The molecule has 4 rings (SSSR count). The molecule has 27 heavy (non-hydrogen) atoms. The molecule has 1 aromatic heterocycles. The number of nitrogens with one attached hydrogen (secondary N) is 1. The van der Waals surface area contributed by atoms with Crippen LogP contribution in [-0.4, -0.2) is 23.4 Å². The molecule has 0 bridgehead atoms. The predicted molar refractivity (Wildman–Crippen MR) is 103 cm³/mol. The second kappa shape index (κ2) is 7.44. The maximum Gasteiger partial charge on any atom is 0.234 e. The van der Waals surface area contributed by atoms with Gasteiger partial charge in [-0.15, -0.1) is 0 Å². The van der Waals surface area contributed by atoms with Crippen LogP contribution in [-0.2, 0) is 11.2 Å². The summed E-state index contributed by atoms with van der Waals surface area (Å²) in [6.07, 6.45) is 0.786. The van der Waals surface area contributed by atoms with E-state index >= 15 is 0 Å². The van der Waals surface area contributed by atoms with Gasteiger partial charge in [0.05, 0.1) is 17.0 Å². The first-order chi connectivity index (χ1) is 13.1. The van der Waals surface area contributed by atoms with Crippen LogP contribution in [0.5, 0.6) is 11.5 Å². The van der Waals surface area contributed by atoms with Gasteiger partial charge in [0, 0.05) is 11.5 Å². The standard InChI is InChI=1S/C20H17FN2O3S/c1-2-12-7-13-8-17-18(26-11-25-17)9-16(13)23-20(12)27-10-19(24)22-15-6-4-3-5-14(15)21/h3-9H,2,10-11H2,1H3,(H,22,24). The summed E-state index contributed by atoms with van der Waals surface area (Å²) in [5.74, 6) is 0.804. The molecule has 3 aromatic rings. The number of amides is 1. The van der Waals surface area contributed by atoms with Crippen molar-refractivity contribution in [3.63, 3.8) is 0 Å². The van der Waals surface area contributed by atoms with E-state index in [4.69, 9.17) is 14.5 Å². The second-order valence-electron chi connectivity index (χ2n) is 6.02. The number of ether oxygens (including phenoxy) is 2. The summed E-state index contributed by atoms with van der Waals surface area (Å²) >= 11 is 1.34. The molecule has 0 unspecified atom stereocenters. The molecule has 0 atom stereocenters. The Morgan fingerprint density at radius 3 is 2.78 bits per heavy atom. The van der Waals surface area contributed by atoms with Crippen LogP contribution >= 0.6 is 11.8 Å². The van der Waals surface area contributed by atoms with Crippen molar-refractivity contribution in [2.24, 2.45) is 0 Å². The van der Waals surface area contributed by atoms with Crippen molar-refractivity contribution in [2.75, 3.05) is 17.9 Å². The highest BCUT2D eigenvalue weighted by molar-refractivity contribution is 8.00. The van der Waals surface area contributed by atoms with E-state index in [9.17, 15) is 9.18 Å². The highest BCUT2D eigenvalue weighted by Crippen LogP contribution is 2.37. The topological polar surface area (TPSA) is 60.5 Å². The van der Waals surface area contributed by atoms with Crippen LogP contribution in [0.25, 0.3) is 10.9 Å². The van der Waals surface area contributed by atoms with Crippen molar-refractivity contribution in [2.45, 2.75) is 18.4 Å². The minimum atomic E-state index is -0.454. The van der Waals surface area contributed by atoms with Crippen molar-refractivity contribution >= 4 is 34.3 Å². The van der Waals surface area contributed by atoms with Gasteiger partial charge < -0.3 is 14.8 Å². The van der Waals surface area contributed by atoms with Crippen molar-refractivity contribution in [1.82, 2.24) is 4.98 Å². The molecule has 1 N–H and O–H groups in total. The van der Waals surface area contributed by atoms with E-state index in [2.05, 4.69) is 11.4 Å². The molecule has 2 heterocycles. The summed E-state index contributed by atoms with van der Waals surface area (Å²) in [4.78, 5) is 16.9. The molecule has 0 fully saturated rings. The zero-order valence-electron chi connectivity index (χ0n) is 14.6. The molecule has 0 radical (unpaired) electrons. The summed E-state index contributed by atoms with van der Waals surface area (Å²) in [5, 5.41) is 4.34. The molecule has 1 amide bonds.